The maximum absolute atomic E-state index is 12.3. The van der Waals surface area contributed by atoms with Crippen molar-refractivity contribution in [1.29, 1.82) is 0 Å². The van der Waals surface area contributed by atoms with Crippen molar-refractivity contribution in [2.24, 2.45) is 0 Å². The normalized spacial score (nSPS) is 10.4. The molecule has 2 aromatic carbocycles. The summed E-state index contributed by atoms with van der Waals surface area (Å²) >= 11 is 1.49. The SMILES string of the molecule is COc1ccc(CNC(=O)Cc2csc(COc3ccc(C)cc3)n2)c(OC)c1. The molecular weight excluding hydrogens is 388 g/mol. The minimum absolute atomic E-state index is 0.0980. The van der Waals surface area contributed by atoms with Crippen molar-refractivity contribution in [3.8, 4) is 17.2 Å². The molecule has 0 radical (unpaired) electrons. The molecule has 3 rings (SSSR count). The van der Waals surface area contributed by atoms with E-state index < -0.39 is 0 Å². The van der Waals surface area contributed by atoms with E-state index in [4.69, 9.17) is 14.2 Å². The van der Waals surface area contributed by atoms with Gasteiger partial charge < -0.3 is 19.5 Å². The van der Waals surface area contributed by atoms with Crippen LogP contribution in [-0.4, -0.2) is 25.1 Å². The standard InChI is InChI=1S/C22H24N2O4S/c1-15-4-7-18(8-5-15)28-13-22-24-17(14-29-22)10-21(25)23-12-16-6-9-19(26-2)11-20(16)27-3/h4-9,11,14H,10,12-13H2,1-3H3,(H,23,25). The number of nitrogens with one attached hydrogen (secondary N) is 1. The third kappa shape index (κ3) is 5.96. The minimum atomic E-state index is -0.0980. The van der Waals surface area contributed by atoms with Gasteiger partial charge in [0.1, 0.15) is 28.9 Å². The second kappa shape index (κ2) is 9.93. The highest BCUT2D eigenvalue weighted by atomic mass is 32.1. The average molecular weight is 413 g/mol. The van der Waals surface area contributed by atoms with E-state index in [0.29, 0.717) is 24.7 Å². The Labute approximate surface area is 174 Å². The summed E-state index contributed by atoms with van der Waals surface area (Å²) in [7, 11) is 3.19. The smallest absolute Gasteiger partial charge is 0.226 e. The maximum atomic E-state index is 12.3. The van der Waals surface area contributed by atoms with Gasteiger partial charge >= 0.3 is 0 Å². The average Bonchev–Trinajstić information content (AvgIpc) is 3.18. The fourth-order valence-corrected chi connectivity index (χ4v) is 3.40. The summed E-state index contributed by atoms with van der Waals surface area (Å²) in [4.78, 5) is 16.8. The van der Waals surface area contributed by atoms with Gasteiger partial charge in [-0.1, -0.05) is 17.7 Å². The Morgan fingerprint density at radius 1 is 1.07 bits per heavy atom. The summed E-state index contributed by atoms with van der Waals surface area (Å²) in [5, 5.41) is 5.63. The van der Waals surface area contributed by atoms with Crippen molar-refractivity contribution in [2.75, 3.05) is 14.2 Å². The second-order valence-corrected chi connectivity index (χ2v) is 7.41. The number of hydrogen-bond acceptors (Lipinski definition) is 6. The molecule has 152 valence electrons. The summed E-state index contributed by atoms with van der Waals surface area (Å²) in [6.45, 7) is 2.80. The van der Waals surface area contributed by atoms with Crippen LogP contribution in [0.3, 0.4) is 0 Å². The lowest BCUT2D eigenvalue weighted by Gasteiger charge is -2.11. The first-order valence-corrected chi connectivity index (χ1v) is 10.1. The van der Waals surface area contributed by atoms with Gasteiger partial charge in [0.05, 0.1) is 26.3 Å². The zero-order chi connectivity index (χ0) is 20.6. The van der Waals surface area contributed by atoms with Gasteiger partial charge in [-0.2, -0.15) is 0 Å². The third-order valence-corrected chi connectivity index (χ3v) is 5.17. The molecule has 1 heterocycles. The molecule has 0 aliphatic rings. The highest BCUT2D eigenvalue weighted by Gasteiger charge is 2.10. The Bertz CT molecular complexity index is 954. The number of carbonyl (C=O) groups excluding carboxylic acids is 1. The van der Waals surface area contributed by atoms with Gasteiger partial charge in [0.25, 0.3) is 0 Å². The van der Waals surface area contributed by atoms with Crippen molar-refractivity contribution in [3.63, 3.8) is 0 Å². The van der Waals surface area contributed by atoms with Crippen LogP contribution in [0, 0.1) is 6.92 Å². The first-order chi connectivity index (χ1) is 14.1. The van der Waals surface area contributed by atoms with Crippen LogP contribution in [0.2, 0.25) is 0 Å². The Kier molecular flexibility index (Phi) is 7.08. The highest BCUT2D eigenvalue weighted by Crippen LogP contribution is 2.24. The molecule has 0 bridgehead atoms. The molecule has 29 heavy (non-hydrogen) atoms. The van der Waals surface area contributed by atoms with Gasteiger partial charge in [0.15, 0.2) is 0 Å². The molecule has 0 aliphatic heterocycles. The van der Waals surface area contributed by atoms with E-state index in [1.807, 2.05) is 48.7 Å². The predicted octanol–water partition coefficient (Wildman–Crippen LogP) is 3.91. The van der Waals surface area contributed by atoms with Crippen LogP contribution < -0.4 is 19.5 Å². The molecule has 1 N–H and O–H groups in total. The lowest BCUT2D eigenvalue weighted by Crippen LogP contribution is -2.25. The largest absolute Gasteiger partial charge is 0.497 e. The Morgan fingerprint density at radius 3 is 2.55 bits per heavy atom. The van der Waals surface area contributed by atoms with Crippen LogP contribution in [0.15, 0.2) is 47.8 Å². The molecule has 1 aromatic heterocycles. The molecule has 0 saturated carbocycles. The number of amides is 1. The van der Waals surface area contributed by atoms with E-state index in [2.05, 4.69) is 10.3 Å². The molecule has 6 nitrogen and oxygen atoms in total. The fraction of sp³-hybridized carbons (Fsp3) is 0.273. The monoisotopic (exact) mass is 412 g/mol. The summed E-state index contributed by atoms with van der Waals surface area (Å²) in [6, 6.07) is 13.4. The number of nitrogens with zero attached hydrogens (tertiary/aromatic N) is 1. The van der Waals surface area contributed by atoms with Crippen molar-refractivity contribution >= 4 is 17.2 Å². The van der Waals surface area contributed by atoms with Crippen LogP contribution in [0.5, 0.6) is 17.2 Å². The number of ether oxygens (including phenoxy) is 3. The fourth-order valence-electron chi connectivity index (χ4n) is 2.69. The van der Waals surface area contributed by atoms with E-state index in [1.54, 1.807) is 20.3 Å². The number of thiazole rings is 1. The van der Waals surface area contributed by atoms with Gasteiger partial charge in [-0.25, -0.2) is 4.98 Å². The van der Waals surface area contributed by atoms with Crippen LogP contribution in [0.25, 0.3) is 0 Å². The molecule has 0 unspecified atom stereocenters. The molecule has 0 atom stereocenters. The highest BCUT2D eigenvalue weighted by molar-refractivity contribution is 7.09. The van der Waals surface area contributed by atoms with Gasteiger partial charge in [0.2, 0.25) is 5.91 Å². The maximum Gasteiger partial charge on any atom is 0.226 e. The topological polar surface area (TPSA) is 69.7 Å². The van der Waals surface area contributed by atoms with Gasteiger partial charge in [0, 0.05) is 23.6 Å². The minimum Gasteiger partial charge on any atom is -0.497 e. The van der Waals surface area contributed by atoms with Crippen LogP contribution in [0.1, 0.15) is 21.8 Å². The van der Waals surface area contributed by atoms with E-state index in [-0.39, 0.29) is 12.3 Å². The first kappa shape index (κ1) is 20.7. The summed E-state index contributed by atoms with van der Waals surface area (Å²) < 4.78 is 16.3. The Morgan fingerprint density at radius 2 is 1.83 bits per heavy atom. The van der Waals surface area contributed by atoms with E-state index >= 15 is 0 Å². The number of rotatable bonds is 9. The Balaban J connectivity index is 1.49. The van der Waals surface area contributed by atoms with Crippen LogP contribution >= 0.6 is 11.3 Å². The number of benzene rings is 2. The van der Waals surface area contributed by atoms with E-state index in [1.165, 1.54) is 16.9 Å². The quantitative estimate of drug-likeness (QED) is 0.577. The number of aromatic nitrogens is 1. The van der Waals surface area contributed by atoms with Crippen molar-refractivity contribution in [2.45, 2.75) is 26.5 Å². The summed E-state index contributed by atoms with van der Waals surface area (Å²) in [5.41, 5.74) is 2.80. The number of carbonyl (C=O) groups is 1. The van der Waals surface area contributed by atoms with Crippen molar-refractivity contribution in [3.05, 3.63) is 69.7 Å². The zero-order valence-corrected chi connectivity index (χ0v) is 17.5. The summed E-state index contributed by atoms with van der Waals surface area (Å²) in [5.74, 6) is 2.09. The van der Waals surface area contributed by atoms with E-state index in [9.17, 15) is 4.79 Å². The molecule has 0 fully saturated rings. The third-order valence-electron chi connectivity index (χ3n) is 4.29. The summed E-state index contributed by atoms with van der Waals surface area (Å²) in [6.07, 6.45) is 0.222. The van der Waals surface area contributed by atoms with Crippen LogP contribution in [0.4, 0.5) is 0 Å². The van der Waals surface area contributed by atoms with Gasteiger partial charge in [-0.05, 0) is 31.2 Å². The van der Waals surface area contributed by atoms with Crippen molar-refractivity contribution < 1.29 is 19.0 Å². The first-order valence-electron chi connectivity index (χ1n) is 9.17. The molecule has 0 saturated heterocycles. The van der Waals surface area contributed by atoms with Crippen molar-refractivity contribution in [1.82, 2.24) is 10.3 Å². The number of aryl methyl sites for hydroxylation is 1. The number of methoxy groups -OCH3 is 2. The molecule has 0 aliphatic carbocycles. The number of hydrogen-bond donors (Lipinski definition) is 1. The zero-order valence-electron chi connectivity index (χ0n) is 16.7. The molecule has 1 amide bonds. The van der Waals surface area contributed by atoms with E-state index in [0.717, 1.165) is 22.0 Å². The predicted molar refractivity (Wildman–Crippen MR) is 113 cm³/mol. The van der Waals surface area contributed by atoms with Gasteiger partial charge in [-0.15, -0.1) is 11.3 Å². The lowest BCUT2D eigenvalue weighted by atomic mass is 10.2. The second-order valence-electron chi connectivity index (χ2n) is 6.47. The molecule has 0 spiro atoms. The molecule has 3 aromatic rings. The van der Waals surface area contributed by atoms with Gasteiger partial charge in [-0.3, -0.25) is 4.79 Å². The molecule has 7 heteroatoms. The lowest BCUT2D eigenvalue weighted by molar-refractivity contribution is -0.120. The van der Waals surface area contributed by atoms with Crippen LogP contribution in [-0.2, 0) is 24.4 Å². The Hall–Kier alpha value is -3.06. The molecular formula is C22H24N2O4S.